The number of nitrogens with one attached hydrogen (secondary N) is 2. The van der Waals surface area contributed by atoms with Crippen molar-refractivity contribution in [3.05, 3.63) is 59.4 Å². The lowest BCUT2D eigenvalue weighted by Gasteiger charge is -2.28. The summed E-state index contributed by atoms with van der Waals surface area (Å²) in [7, 11) is 0. The van der Waals surface area contributed by atoms with E-state index < -0.39 is 11.5 Å². The van der Waals surface area contributed by atoms with Gasteiger partial charge in [-0.25, -0.2) is 4.98 Å². The van der Waals surface area contributed by atoms with E-state index in [1.165, 1.54) is 0 Å². The molecule has 0 saturated carbocycles. The van der Waals surface area contributed by atoms with Crippen LogP contribution in [0.15, 0.2) is 42.6 Å². The van der Waals surface area contributed by atoms with Crippen molar-refractivity contribution in [2.45, 2.75) is 39.2 Å². The first-order chi connectivity index (χ1) is 18.2. The Kier molecular flexibility index (Phi) is 8.20. The Bertz CT molecular complexity index is 1340. The molecule has 0 aliphatic carbocycles. The molecule has 10 heteroatoms. The van der Waals surface area contributed by atoms with Crippen molar-refractivity contribution in [2.24, 2.45) is 0 Å². The summed E-state index contributed by atoms with van der Waals surface area (Å²) in [6.07, 6.45) is 0.988. The van der Waals surface area contributed by atoms with Gasteiger partial charge in [-0.05, 0) is 57.5 Å². The quantitative estimate of drug-likeness (QED) is 0.411. The number of aryl methyl sites for hydroxylation is 1. The molecule has 1 unspecified atom stereocenters. The van der Waals surface area contributed by atoms with Crippen LogP contribution in [-0.2, 0) is 10.2 Å². The maximum absolute atomic E-state index is 13.1. The third-order valence-corrected chi connectivity index (χ3v) is 6.32. The van der Waals surface area contributed by atoms with E-state index in [0.717, 1.165) is 30.0 Å². The number of benzene rings is 1. The Balaban J connectivity index is 1.64. The second-order valence-electron chi connectivity index (χ2n) is 9.91. The van der Waals surface area contributed by atoms with Gasteiger partial charge in [0, 0.05) is 48.7 Å². The first kappa shape index (κ1) is 27.0. The van der Waals surface area contributed by atoms with Crippen molar-refractivity contribution in [3.8, 4) is 17.3 Å². The average molecular weight is 516 g/mol. The normalized spacial score (nSPS) is 14.5. The van der Waals surface area contributed by atoms with Gasteiger partial charge in [0.15, 0.2) is 0 Å². The molecule has 1 amide bonds. The van der Waals surface area contributed by atoms with Crippen LogP contribution in [0.5, 0.6) is 0 Å². The van der Waals surface area contributed by atoms with E-state index >= 15 is 0 Å². The Morgan fingerprint density at radius 2 is 1.97 bits per heavy atom. The number of amides is 1. The lowest BCUT2D eigenvalue weighted by atomic mass is 9.90. The van der Waals surface area contributed by atoms with Crippen molar-refractivity contribution >= 4 is 23.4 Å². The molecular formula is C28H33N7O3. The van der Waals surface area contributed by atoms with Crippen LogP contribution in [0.1, 0.15) is 42.4 Å². The van der Waals surface area contributed by atoms with Gasteiger partial charge in [0.1, 0.15) is 5.82 Å². The highest BCUT2D eigenvalue weighted by Gasteiger charge is 2.23. The van der Waals surface area contributed by atoms with Gasteiger partial charge < -0.3 is 25.4 Å². The second-order valence-corrected chi connectivity index (χ2v) is 9.91. The minimum Gasteiger partial charge on any atom is -0.392 e. The summed E-state index contributed by atoms with van der Waals surface area (Å²) in [5, 5.41) is 25.3. The van der Waals surface area contributed by atoms with Crippen LogP contribution in [0, 0.1) is 18.3 Å². The molecule has 3 N–H and O–H groups in total. The Labute approximate surface area is 222 Å². The maximum atomic E-state index is 13.1. The topological polar surface area (TPSA) is 136 Å². The Morgan fingerprint density at radius 1 is 1.21 bits per heavy atom. The van der Waals surface area contributed by atoms with Crippen molar-refractivity contribution in [1.29, 1.82) is 5.26 Å². The zero-order valence-corrected chi connectivity index (χ0v) is 22.2. The molecule has 1 saturated heterocycles. The smallest absolute Gasteiger partial charge is 0.255 e. The van der Waals surface area contributed by atoms with E-state index in [9.17, 15) is 15.2 Å². The fraction of sp³-hybridized carbons (Fsp3) is 0.393. The van der Waals surface area contributed by atoms with Gasteiger partial charge in [-0.3, -0.25) is 9.78 Å². The number of hydrogen-bond acceptors (Lipinski definition) is 9. The summed E-state index contributed by atoms with van der Waals surface area (Å²) in [4.78, 5) is 28.9. The molecule has 1 atom stereocenters. The van der Waals surface area contributed by atoms with Crippen molar-refractivity contribution in [3.63, 3.8) is 0 Å². The van der Waals surface area contributed by atoms with Gasteiger partial charge in [-0.15, -0.1) is 0 Å². The predicted molar refractivity (Wildman–Crippen MR) is 146 cm³/mol. The Hall–Kier alpha value is -4.07. The standard InChI is InChI=1S/C28H33N7O3/c1-18-5-6-21(32-26(37)20-7-8-30-24(13-20)28(3,4)17-29)14-22(18)23-15-25(35-9-11-38-12-10-35)34-27(33-23)31-16-19(2)36/h5-8,13-15,19,36H,9-12,16H2,1-4H3,(H,32,37)(H,31,33,34). The molecule has 1 aromatic carbocycles. The summed E-state index contributed by atoms with van der Waals surface area (Å²) in [6.45, 7) is 10.2. The van der Waals surface area contributed by atoms with Gasteiger partial charge in [-0.2, -0.15) is 10.2 Å². The minimum absolute atomic E-state index is 0.298. The van der Waals surface area contributed by atoms with Gasteiger partial charge in [0.25, 0.3) is 5.91 Å². The molecule has 38 heavy (non-hydrogen) atoms. The van der Waals surface area contributed by atoms with E-state index in [4.69, 9.17) is 9.72 Å². The number of pyridine rings is 1. The van der Waals surface area contributed by atoms with Crippen molar-refractivity contribution in [1.82, 2.24) is 15.0 Å². The third-order valence-electron chi connectivity index (χ3n) is 6.32. The van der Waals surface area contributed by atoms with E-state index in [1.54, 1.807) is 39.1 Å². The zero-order chi connectivity index (χ0) is 27.3. The second kappa shape index (κ2) is 11.5. The lowest BCUT2D eigenvalue weighted by Crippen LogP contribution is -2.37. The number of ether oxygens (including phenoxy) is 1. The Morgan fingerprint density at radius 3 is 2.68 bits per heavy atom. The van der Waals surface area contributed by atoms with E-state index in [2.05, 4.69) is 31.6 Å². The fourth-order valence-corrected chi connectivity index (χ4v) is 3.99. The highest BCUT2D eigenvalue weighted by atomic mass is 16.5. The summed E-state index contributed by atoms with van der Waals surface area (Å²) < 4.78 is 5.49. The highest BCUT2D eigenvalue weighted by molar-refractivity contribution is 6.04. The number of carbonyl (C=O) groups is 1. The van der Waals surface area contributed by atoms with Crippen LogP contribution in [0.2, 0.25) is 0 Å². The van der Waals surface area contributed by atoms with Gasteiger partial charge >= 0.3 is 0 Å². The third kappa shape index (κ3) is 6.43. The van der Waals surface area contributed by atoms with Crippen LogP contribution in [0.25, 0.3) is 11.3 Å². The number of aliphatic hydroxyl groups is 1. The number of anilines is 3. The van der Waals surface area contributed by atoms with Crippen LogP contribution < -0.4 is 15.5 Å². The highest BCUT2D eigenvalue weighted by Crippen LogP contribution is 2.29. The largest absolute Gasteiger partial charge is 0.392 e. The molecule has 1 aliphatic heterocycles. The summed E-state index contributed by atoms with van der Waals surface area (Å²) in [5.41, 5.74) is 3.29. The maximum Gasteiger partial charge on any atom is 0.255 e. The molecule has 2 aromatic heterocycles. The van der Waals surface area contributed by atoms with Crippen molar-refractivity contribution < 1.29 is 14.6 Å². The van der Waals surface area contributed by atoms with Crippen molar-refractivity contribution in [2.75, 3.05) is 48.4 Å². The molecule has 10 nitrogen and oxygen atoms in total. The van der Waals surface area contributed by atoms with E-state index in [-0.39, 0.29) is 5.91 Å². The fourth-order valence-electron chi connectivity index (χ4n) is 3.99. The SMILES string of the molecule is Cc1ccc(NC(=O)c2ccnc(C(C)(C)C#N)c2)cc1-c1cc(N2CCOCC2)nc(NCC(C)O)n1. The number of carbonyl (C=O) groups excluding carboxylic acids is 1. The minimum atomic E-state index is -0.807. The first-order valence-electron chi connectivity index (χ1n) is 12.6. The number of nitrogens with zero attached hydrogens (tertiary/aromatic N) is 5. The molecule has 4 rings (SSSR count). The molecule has 0 radical (unpaired) electrons. The van der Waals surface area contributed by atoms with Crippen LogP contribution in [0.3, 0.4) is 0 Å². The molecule has 3 aromatic rings. The molecule has 3 heterocycles. The van der Waals surface area contributed by atoms with Crippen LogP contribution >= 0.6 is 0 Å². The summed E-state index contributed by atoms with van der Waals surface area (Å²) in [5.74, 6) is 0.890. The lowest BCUT2D eigenvalue weighted by molar-refractivity contribution is 0.102. The number of rotatable bonds is 8. The number of nitriles is 1. The number of aliphatic hydroxyl groups excluding tert-OH is 1. The van der Waals surface area contributed by atoms with Crippen LogP contribution in [-0.4, -0.2) is 64.9 Å². The molecule has 0 bridgehead atoms. The number of hydrogen-bond donors (Lipinski definition) is 3. The van der Waals surface area contributed by atoms with Gasteiger partial charge in [-0.1, -0.05) is 6.07 Å². The molecule has 1 fully saturated rings. The first-order valence-corrected chi connectivity index (χ1v) is 12.6. The monoisotopic (exact) mass is 515 g/mol. The molecule has 0 spiro atoms. The van der Waals surface area contributed by atoms with Gasteiger partial charge in [0.2, 0.25) is 5.95 Å². The number of morpholine rings is 1. The number of aromatic nitrogens is 3. The van der Waals surface area contributed by atoms with Gasteiger partial charge in [0.05, 0.1) is 42.2 Å². The van der Waals surface area contributed by atoms with E-state index in [0.29, 0.717) is 48.3 Å². The summed E-state index contributed by atoms with van der Waals surface area (Å²) in [6, 6.07) is 13.1. The summed E-state index contributed by atoms with van der Waals surface area (Å²) >= 11 is 0. The molecule has 1 aliphatic rings. The van der Waals surface area contributed by atoms with Crippen LogP contribution in [0.4, 0.5) is 17.5 Å². The zero-order valence-electron chi connectivity index (χ0n) is 22.2. The average Bonchev–Trinajstić information content (AvgIpc) is 2.93. The molecular weight excluding hydrogens is 482 g/mol. The van der Waals surface area contributed by atoms with E-state index in [1.807, 2.05) is 31.2 Å². The molecule has 198 valence electrons. The predicted octanol–water partition coefficient (Wildman–Crippen LogP) is 3.53.